The number of aromatic amines is 1. The number of nitrogens with zero attached hydrogens (tertiary/aromatic N) is 3. The molecule has 0 bridgehead atoms. The maximum Gasteiger partial charge on any atom is 0.266 e. The lowest BCUT2D eigenvalue weighted by atomic mass is 10.2. The third-order valence-electron chi connectivity index (χ3n) is 4.68. The van der Waals surface area contributed by atoms with Crippen molar-refractivity contribution in [2.75, 3.05) is 62.7 Å². The van der Waals surface area contributed by atoms with E-state index in [9.17, 15) is 4.79 Å². The molecule has 0 aliphatic carbocycles. The Balaban J connectivity index is 1.29. The van der Waals surface area contributed by atoms with Crippen LogP contribution >= 0.6 is 0 Å². The van der Waals surface area contributed by atoms with E-state index in [1.807, 2.05) is 12.1 Å². The predicted octanol–water partition coefficient (Wildman–Crippen LogP) is 0.775. The minimum absolute atomic E-state index is 0.194. The molecule has 0 amide bonds. The third kappa shape index (κ3) is 3.75. The fourth-order valence-electron chi connectivity index (χ4n) is 3.35. The van der Waals surface area contributed by atoms with E-state index in [1.165, 1.54) is 6.07 Å². The van der Waals surface area contributed by atoms with E-state index in [0.29, 0.717) is 13.2 Å². The van der Waals surface area contributed by atoms with Crippen molar-refractivity contribution < 1.29 is 9.47 Å². The summed E-state index contributed by atoms with van der Waals surface area (Å²) >= 11 is 0. The van der Waals surface area contributed by atoms with Gasteiger partial charge in [-0.2, -0.15) is 5.10 Å². The molecule has 0 radical (unpaired) electrons. The topological polar surface area (TPSA) is 82.7 Å². The first kappa shape index (κ1) is 16.7. The minimum Gasteiger partial charge on any atom is -0.486 e. The van der Waals surface area contributed by atoms with Gasteiger partial charge in [0.2, 0.25) is 0 Å². The van der Waals surface area contributed by atoms with Gasteiger partial charge in [0.05, 0.1) is 17.6 Å². The molecule has 138 valence electrons. The van der Waals surface area contributed by atoms with E-state index in [0.717, 1.165) is 62.1 Å². The maximum absolute atomic E-state index is 11.2. The minimum atomic E-state index is -0.194. The average molecular weight is 357 g/mol. The van der Waals surface area contributed by atoms with Crippen LogP contribution in [0.4, 0.5) is 11.4 Å². The molecular weight excluding hydrogens is 334 g/mol. The Kier molecular flexibility index (Phi) is 4.92. The van der Waals surface area contributed by atoms with Crippen LogP contribution in [-0.2, 0) is 0 Å². The summed E-state index contributed by atoms with van der Waals surface area (Å²) in [5.41, 5.74) is 1.68. The molecule has 4 rings (SSSR count). The first-order valence-corrected chi connectivity index (χ1v) is 8.94. The number of H-pyrrole nitrogens is 1. The normalized spacial score (nSPS) is 17.2. The summed E-state index contributed by atoms with van der Waals surface area (Å²) in [6, 6.07) is 7.61. The van der Waals surface area contributed by atoms with Crippen molar-refractivity contribution >= 4 is 11.4 Å². The molecule has 2 aromatic rings. The molecule has 2 aliphatic rings. The lowest BCUT2D eigenvalue weighted by molar-refractivity contribution is 0.171. The molecule has 0 spiro atoms. The highest BCUT2D eigenvalue weighted by molar-refractivity contribution is 5.65. The molecule has 1 aromatic heterocycles. The maximum atomic E-state index is 11.2. The second-order valence-electron chi connectivity index (χ2n) is 6.39. The zero-order valence-electron chi connectivity index (χ0n) is 14.6. The van der Waals surface area contributed by atoms with Gasteiger partial charge in [0, 0.05) is 45.3 Å². The molecule has 2 N–H and O–H groups in total. The summed E-state index contributed by atoms with van der Waals surface area (Å²) < 4.78 is 11.5. The molecule has 8 heteroatoms. The van der Waals surface area contributed by atoms with E-state index in [1.54, 1.807) is 6.20 Å². The highest BCUT2D eigenvalue weighted by Gasteiger charge is 2.23. The van der Waals surface area contributed by atoms with Crippen LogP contribution in [0.25, 0.3) is 0 Å². The van der Waals surface area contributed by atoms with Crippen LogP contribution in [-0.4, -0.2) is 67.6 Å². The number of aromatic nitrogens is 2. The molecule has 0 unspecified atom stereocenters. The van der Waals surface area contributed by atoms with E-state index in [2.05, 4.69) is 31.4 Å². The van der Waals surface area contributed by atoms with Gasteiger partial charge in [-0.25, -0.2) is 5.10 Å². The smallest absolute Gasteiger partial charge is 0.266 e. The average Bonchev–Trinajstić information content (AvgIpc) is 2.68. The van der Waals surface area contributed by atoms with E-state index >= 15 is 0 Å². The van der Waals surface area contributed by atoms with Gasteiger partial charge in [0.15, 0.2) is 11.5 Å². The van der Waals surface area contributed by atoms with Gasteiger partial charge in [-0.05, 0) is 12.1 Å². The highest BCUT2D eigenvalue weighted by atomic mass is 16.6. The Hall–Kier alpha value is -2.74. The van der Waals surface area contributed by atoms with Crippen molar-refractivity contribution in [3.05, 3.63) is 40.8 Å². The SMILES string of the molecule is O=c1cc(NCCN2CCN(c3cccc4c3OCCO4)CC2)cn[nH]1. The van der Waals surface area contributed by atoms with Crippen molar-refractivity contribution in [2.45, 2.75) is 0 Å². The molecule has 3 heterocycles. The van der Waals surface area contributed by atoms with Crippen molar-refractivity contribution in [2.24, 2.45) is 0 Å². The lowest BCUT2D eigenvalue weighted by Crippen LogP contribution is -2.47. The number of piperazine rings is 1. The number of para-hydroxylation sites is 1. The largest absolute Gasteiger partial charge is 0.486 e. The van der Waals surface area contributed by atoms with Gasteiger partial charge in [0.1, 0.15) is 13.2 Å². The predicted molar refractivity (Wildman–Crippen MR) is 99.4 cm³/mol. The summed E-state index contributed by atoms with van der Waals surface area (Å²) in [7, 11) is 0. The van der Waals surface area contributed by atoms with Crippen LogP contribution in [0, 0.1) is 0 Å². The number of fused-ring (bicyclic) bond motifs is 1. The molecule has 1 saturated heterocycles. The van der Waals surface area contributed by atoms with Crippen molar-refractivity contribution in [1.29, 1.82) is 0 Å². The van der Waals surface area contributed by atoms with Crippen molar-refractivity contribution in [1.82, 2.24) is 15.1 Å². The molecule has 0 saturated carbocycles. The van der Waals surface area contributed by atoms with Crippen molar-refractivity contribution in [3.8, 4) is 11.5 Å². The summed E-state index contributed by atoms with van der Waals surface area (Å²) in [5.74, 6) is 1.71. The molecule has 1 fully saturated rings. The number of nitrogens with one attached hydrogen (secondary N) is 2. The van der Waals surface area contributed by atoms with Gasteiger partial charge in [-0.3, -0.25) is 9.69 Å². The van der Waals surface area contributed by atoms with Gasteiger partial charge < -0.3 is 19.7 Å². The Morgan fingerprint density at radius 3 is 2.85 bits per heavy atom. The second kappa shape index (κ2) is 7.65. The summed E-state index contributed by atoms with van der Waals surface area (Å²) in [6.45, 7) is 6.79. The monoisotopic (exact) mass is 357 g/mol. The van der Waals surface area contributed by atoms with E-state index in [-0.39, 0.29) is 5.56 Å². The fourth-order valence-corrected chi connectivity index (χ4v) is 3.35. The zero-order chi connectivity index (χ0) is 17.8. The van der Waals surface area contributed by atoms with Gasteiger partial charge in [-0.15, -0.1) is 0 Å². The number of benzene rings is 1. The van der Waals surface area contributed by atoms with Crippen molar-refractivity contribution in [3.63, 3.8) is 0 Å². The third-order valence-corrected chi connectivity index (χ3v) is 4.68. The Morgan fingerprint density at radius 1 is 1.15 bits per heavy atom. The van der Waals surface area contributed by atoms with Crippen LogP contribution in [0.15, 0.2) is 35.3 Å². The number of hydrogen-bond acceptors (Lipinski definition) is 7. The standard InChI is InChI=1S/C18H23N5O3/c24-17-12-14(13-20-21-17)19-4-5-22-6-8-23(9-7-22)15-2-1-3-16-18(15)26-11-10-25-16/h1-3,12-13H,4-11H2,(H2,19,21,24). The Morgan fingerprint density at radius 2 is 2.00 bits per heavy atom. The van der Waals surface area contributed by atoms with Gasteiger partial charge in [-0.1, -0.05) is 6.07 Å². The van der Waals surface area contributed by atoms with E-state index < -0.39 is 0 Å². The second-order valence-corrected chi connectivity index (χ2v) is 6.39. The fraction of sp³-hybridized carbons (Fsp3) is 0.444. The molecule has 8 nitrogen and oxygen atoms in total. The molecule has 1 aromatic carbocycles. The summed E-state index contributed by atoms with van der Waals surface area (Å²) in [5, 5.41) is 9.40. The molecule has 2 aliphatic heterocycles. The molecular formula is C18H23N5O3. The first-order valence-electron chi connectivity index (χ1n) is 8.94. The number of anilines is 2. The first-order chi connectivity index (χ1) is 12.8. The van der Waals surface area contributed by atoms with Crippen LogP contribution in [0.3, 0.4) is 0 Å². The Labute approximate surface area is 151 Å². The van der Waals surface area contributed by atoms with Crippen LogP contribution in [0.2, 0.25) is 0 Å². The number of rotatable bonds is 5. The quantitative estimate of drug-likeness (QED) is 0.818. The number of ether oxygens (including phenoxy) is 2. The molecule has 26 heavy (non-hydrogen) atoms. The molecule has 0 atom stereocenters. The van der Waals surface area contributed by atoms with Gasteiger partial charge in [0.25, 0.3) is 5.56 Å². The lowest BCUT2D eigenvalue weighted by Gasteiger charge is -2.37. The highest BCUT2D eigenvalue weighted by Crippen LogP contribution is 2.39. The zero-order valence-corrected chi connectivity index (χ0v) is 14.6. The van der Waals surface area contributed by atoms with Crippen LogP contribution in [0.1, 0.15) is 0 Å². The summed E-state index contributed by atoms with van der Waals surface area (Å²) in [4.78, 5) is 16.0. The van der Waals surface area contributed by atoms with Gasteiger partial charge >= 0.3 is 0 Å². The summed E-state index contributed by atoms with van der Waals surface area (Å²) in [6.07, 6.45) is 1.62. The van der Waals surface area contributed by atoms with Crippen LogP contribution in [0.5, 0.6) is 11.5 Å². The van der Waals surface area contributed by atoms with Crippen LogP contribution < -0.4 is 25.2 Å². The van der Waals surface area contributed by atoms with E-state index in [4.69, 9.17) is 9.47 Å². The number of hydrogen-bond donors (Lipinski definition) is 2. The Bertz CT molecular complexity index is 801.